The van der Waals surface area contributed by atoms with Crippen LogP contribution in [0.2, 0.25) is 0 Å². The average Bonchev–Trinajstić information content (AvgIpc) is 2.90. The minimum Gasteiger partial charge on any atom is -0.380 e. The Morgan fingerprint density at radius 3 is 1.23 bits per heavy atom. The van der Waals surface area contributed by atoms with Gasteiger partial charge in [0.05, 0.1) is 58.3 Å². The Labute approximate surface area is 241 Å². The topological polar surface area (TPSA) is 153 Å². The maximum Gasteiger partial charge on any atom is 0.222 e. The minimum atomic E-state index is -0.785. The summed E-state index contributed by atoms with van der Waals surface area (Å²) in [5.41, 5.74) is -0.785. The molecule has 12 nitrogen and oxygen atoms in total. The minimum absolute atomic E-state index is 0.0370. The Kier molecular flexibility index (Phi) is 25.6. The Balaban J connectivity index is 0. The molecule has 12 heteroatoms. The lowest BCUT2D eigenvalue weighted by Gasteiger charge is -2.33. The molecule has 0 saturated heterocycles. The van der Waals surface area contributed by atoms with Gasteiger partial charge >= 0.3 is 0 Å². The summed E-state index contributed by atoms with van der Waals surface area (Å²) in [5, 5.41) is 10.9. The van der Waals surface area contributed by atoms with Crippen LogP contribution in [0, 0.1) is 5.41 Å². The fraction of sp³-hybridized carbons (Fsp3) is 0.857. The number of carbonyl (C=O) groups excluding carboxylic acids is 4. The molecule has 0 atom stereocenters. The second-order valence-electron chi connectivity index (χ2n) is 9.78. The Morgan fingerprint density at radius 2 is 0.925 bits per heavy atom. The molecule has 0 fully saturated rings. The van der Waals surface area contributed by atoms with E-state index in [9.17, 15) is 19.2 Å². The largest absolute Gasteiger partial charge is 0.380 e. The highest BCUT2D eigenvalue weighted by Crippen LogP contribution is 2.21. The molecule has 0 unspecified atom stereocenters. The number of amides is 4. The van der Waals surface area contributed by atoms with E-state index in [0.29, 0.717) is 6.54 Å². The quantitative estimate of drug-likeness (QED) is 0.134. The molecule has 0 bridgehead atoms. The lowest BCUT2D eigenvalue weighted by Crippen LogP contribution is -2.43. The summed E-state index contributed by atoms with van der Waals surface area (Å²) in [6, 6.07) is 0.0739. The van der Waals surface area contributed by atoms with Crippen molar-refractivity contribution in [3.8, 4) is 0 Å². The van der Waals surface area contributed by atoms with Crippen LogP contribution in [0.4, 0.5) is 0 Å². The summed E-state index contributed by atoms with van der Waals surface area (Å²) in [6.07, 6.45) is 0.783. The predicted octanol–water partition coefficient (Wildman–Crippen LogP) is 1.56. The summed E-state index contributed by atoms with van der Waals surface area (Å²) in [6.45, 7) is 15.3. The van der Waals surface area contributed by atoms with Crippen LogP contribution in [-0.4, -0.2) is 102 Å². The van der Waals surface area contributed by atoms with Crippen molar-refractivity contribution in [3.63, 3.8) is 0 Å². The van der Waals surface area contributed by atoms with Crippen LogP contribution < -0.4 is 21.3 Å². The maximum atomic E-state index is 12.0. The molecule has 40 heavy (non-hydrogen) atoms. The highest BCUT2D eigenvalue weighted by Gasteiger charge is 2.33. The van der Waals surface area contributed by atoms with Gasteiger partial charge in [0.25, 0.3) is 0 Å². The zero-order chi connectivity index (χ0) is 30.8. The van der Waals surface area contributed by atoms with Crippen LogP contribution in [-0.2, 0) is 38.1 Å². The van der Waals surface area contributed by atoms with Gasteiger partial charge in [0.2, 0.25) is 23.6 Å². The van der Waals surface area contributed by atoms with Crippen molar-refractivity contribution in [1.82, 2.24) is 21.3 Å². The highest BCUT2D eigenvalue weighted by molar-refractivity contribution is 5.77. The van der Waals surface area contributed by atoms with E-state index in [4.69, 9.17) is 18.9 Å². The second kappa shape index (κ2) is 25.7. The predicted molar refractivity (Wildman–Crippen MR) is 155 cm³/mol. The third kappa shape index (κ3) is 23.6. The van der Waals surface area contributed by atoms with Gasteiger partial charge in [-0.25, -0.2) is 0 Å². The molecule has 0 aromatic rings. The molecule has 0 aromatic heterocycles. The molecule has 0 rings (SSSR count). The van der Waals surface area contributed by atoms with Gasteiger partial charge in [-0.05, 0) is 34.6 Å². The van der Waals surface area contributed by atoms with Crippen LogP contribution in [0.25, 0.3) is 0 Å². The number of rotatable bonds is 23. The van der Waals surface area contributed by atoms with Crippen molar-refractivity contribution in [2.24, 2.45) is 5.41 Å². The molecule has 0 aromatic carbocycles. The molecular formula is C28H56N4O8. The van der Waals surface area contributed by atoms with Gasteiger partial charge in [0, 0.05) is 51.4 Å². The maximum absolute atomic E-state index is 12.0. The summed E-state index contributed by atoms with van der Waals surface area (Å²) >= 11 is 0. The van der Waals surface area contributed by atoms with E-state index in [2.05, 4.69) is 21.3 Å². The van der Waals surface area contributed by atoms with Gasteiger partial charge in [-0.1, -0.05) is 13.8 Å². The van der Waals surface area contributed by atoms with E-state index in [0.717, 1.165) is 0 Å². The molecule has 0 saturated carbocycles. The van der Waals surface area contributed by atoms with Gasteiger partial charge in [0.1, 0.15) is 0 Å². The molecule has 0 spiro atoms. The molecule has 4 N–H and O–H groups in total. The molecule has 0 radical (unpaired) electrons. The Morgan fingerprint density at radius 1 is 0.600 bits per heavy atom. The van der Waals surface area contributed by atoms with Crippen LogP contribution in [0.5, 0.6) is 0 Å². The van der Waals surface area contributed by atoms with Crippen molar-refractivity contribution >= 4 is 23.6 Å². The van der Waals surface area contributed by atoms with E-state index in [-0.39, 0.29) is 114 Å². The monoisotopic (exact) mass is 576 g/mol. The molecule has 0 aliphatic carbocycles. The van der Waals surface area contributed by atoms with E-state index in [1.165, 1.54) is 0 Å². The third-order valence-corrected chi connectivity index (χ3v) is 5.08. The molecule has 0 heterocycles. The number of hydrogen-bond donors (Lipinski definition) is 4. The first-order valence-electron chi connectivity index (χ1n) is 14.4. The lowest BCUT2D eigenvalue weighted by atomic mass is 9.92. The second-order valence-corrected chi connectivity index (χ2v) is 9.78. The fourth-order valence-electron chi connectivity index (χ4n) is 3.26. The SMILES string of the molecule is CC.CCNC(=O)CCOCC(COCCC(=O)NC)(COCCC(=O)NC(C)C)COCCC(=O)NC(C)C. The number of ether oxygens (including phenoxy) is 4. The molecule has 0 aliphatic heterocycles. The summed E-state index contributed by atoms with van der Waals surface area (Å²) in [7, 11) is 1.56. The van der Waals surface area contributed by atoms with E-state index < -0.39 is 5.41 Å². The van der Waals surface area contributed by atoms with Crippen molar-refractivity contribution < 1.29 is 38.1 Å². The van der Waals surface area contributed by atoms with Crippen LogP contribution in [0.1, 0.15) is 74.1 Å². The van der Waals surface area contributed by atoms with E-state index in [1.54, 1.807) is 7.05 Å². The molecule has 0 aliphatic rings. The molecular weight excluding hydrogens is 520 g/mol. The van der Waals surface area contributed by atoms with E-state index in [1.807, 2.05) is 48.5 Å². The molecule has 236 valence electrons. The van der Waals surface area contributed by atoms with Crippen LogP contribution >= 0.6 is 0 Å². The van der Waals surface area contributed by atoms with Crippen molar-refractivity contribution in [2.75, 3.05) is 66.4 Å². The zero-order valence-electron chi connectivity index (χ0n) is 26.1. The van der Waals surface area contributed by atoms with Gasteiger partial charge in [-0.2, -0.15) is 0 Å². The van der Waals surface area contributed by atoms with Crippen molar-refractivity contribution in [1.29, 1.82) is 0 Å². The molecule has 4 amide bonds. The Bertz CT molecular complexity index is 659. The van der Waals surface area contributed by atoms with E-state index >= 15 is 0 Å². The van der Waals surface area contributed by atoms with Gasteiger partial charge in [-0.15, -0.1) is 0 Å². The lowest BCUT2D eigenvalue weighted by molar-refractivity contribution is -0.129. The van der Waals surface area contributed by atoms with Gasteiger partial charge in [-0.3, -0.25) is 19.2 Å². The van der Waals surface area contributed by atoms with Crippen molar-refractivity contribution in [3.05, 3.63) is 0 Å². The first-order chi connectivity index (χ1) is 19.0. The Hall–Kier alpha value is -2.28. The van der Waals surface area contributed by atoms with Gasteiger partial charge in [0.15, 0.2) is 0 Å². The highest BCUT2D eigenvalue weighted by atomic mass is 16.5. The normalized spacial score (nSPS) is 11.1. The number of hydrogen-bond acceptors (Lipinski definition) is 8. The fourth-order valence-corrected chi connectivity index (χ4v) is 3.26. The summed E-state index contributed by atoms with van der Waals surface area (Å²) in [5.74, 6) is -0.482. The summed E-state index contributed by atoms with van der Waals surface area (Å²) in [4.78, 5) is 47.3. The average molecular weight is 577 g/mol. The first kappa shape index (κ1) is 39.9. The zero-order valence-corrected chi connectivity index (χ0v) is 26.1. The van der Waals surface area contributed by atoms with Crippen LogP contribution in [0.3, 0.4) is 0 Å². The standard InChI is InChI=1S/C26H50N4O8.C2H6/c1-7-28-23(32)9-13-36-17-26(16-35-12-8-22(31)27-6,18-37-14-10-24(33)29-20(2)3)19-38-15-11-25(34)30-21(4)5;1-2/h20-21H,7-19H2,1-6H3,(H,27,31)(H,28,32)(H,29,33)(H,30,34);1-2H3. The van der Waals surface area contributed by atoms with Crippen LogP contribution in [0.15, 0.2) is 0 Å². The number of carbonyl (C=O) groups is 4. The third-order valence-electron chi connectivity index (χ3n) is 5.08. The summed E-state index contributed by atoms with van der Waals surface area (Å²) < 4.78 is 23.4. The van der Waals surface area contributed by atoms with Crippen molar-refractivity contribution in [2.45, 2.75) is 86.2 Å². The smallest absolute Gasteiger partial charge is 0.222 e. The first-order valence-corrected chi connectivity index (χ1v) is 14.4. The number of nitrogens with one attached hydrogen (secondary N) is 4. The van der Waals surface area contributed by atoms with Gasteiger partial charge < -0.3 is 40.2 Å².